The summed E-state index contributed by atoms with van der Waals surface area (Å²) in [7, 11) is 1.45. The van der Waals surface area contributed by atoms with Gasteiger partial charge < -0.3 is 20.5 Å². The van der Waals surface area contributed by atoms with E-state index in [2.05, 4.69) is 26.6 Å². The Hall–Kier alpha value is -3.13. The van der Waals surface area contributed by atoms with Gasteiger partial charge in [0.2, 0.25) is 0 Å². The number of para-hydroxylation sites is 1. The van der Waals surface area contributed by atoms with Gasteiger partial charge in [-0.05, 0) is 48.2 Å². The molecule has 2 rings (SSSR count). The molecule has 3 N–H and O–H groups in total. The average molecular weight is 489 g/mol. The van der Waals surface area contributed by atoms with Crippen molar-refractivity contribution in [3.8, 4) is 5.75 Å². The van der Waals surface area contributed by atoms with Crippen molar-refractivity contribution in [1.29, 1.82) is 0 Å². The van der Waals surface area contributed by atoms with E-state index in [9.17, 15) is 19.5 Å². The molecule has 7 nitrogen and oxygen atoms in total. The molecule has 164 valence electrons. The summed E-state index contributed by atoms with van der Waals surface area (Å²) in [4.78, 5) is 37.4. The summed E-state index contributed by atoms with van der Waals surface area (Å²) >= 11 is 3.35. The van der Waals surface area contributed by atoms with Gasteiger partial charge in [-0.3, -0.25) is 9.59 Å². The Balaban J connectivity index is 2.36. The molecule has 0 aliphatic heterocycles. The first-order valence-electron chi connectivity index (χ1n) is 9.66. The predicted molar refractivity (Wildman–Crippen MR) is 122 cm³/mol. The average Bonchev–Trinajstić information content (AvgIpc) is 2.73. The Labute approximate surface area is 189 Å². The van der Waals surface area contributed by atoms with Crippen LogP contribution in [0.25, 0.3) is 6.08 Å². The number of carboxylic acids is 1. The number of benzene rings is 2. The van der Waals surface area contributed by atoms with Crippen molar-refractivity contribution in [2.24, 2.45) is 5.92 Å². The lowest BCUT2D eigenvalue weighted by molar-refractivity contribution is -0.141. The van der Waals surface area contributed by atoms with Crippen LogP contribution in [-0.2, 0) is 9.59 Å². The van der Waals surface area contributed by atoms with Crippen LogP contribution in [0.3, 0.4) is 0 Å². The number of carboxylic acid groups (broad SMARTS) is 1. The molecule has 0 fully saturated rings. The molecule has 0 aliphatic rings. The number of amides is 2. The third-order valence-electron chi connectivity index (χ3n) is 4.34. The second kappa shape index (κ2) is 11.3. The fourth-order valence-electron chi connectivity index (χ4n) is 2.83. The van der Waals surface area contributed by atoms with Crippen LogP contribution < -0.4 is 15.4 Å². The molecule has 0 saturated heterocycles. The Bertz CT molecular complexity index is 970. The molecular formula is C23H25BrN2O5. The molecule has 2 aromatic rings. The monoisotopic (exact) mass is 488 g/mol. The molecule has 0 heterocycles. The normalized spacial score (nSPS) is 12.2. The summed E-state index contributed by atoms with van der Waals surface area (Å²) in [5, 5.41) is 14.6. The van der Waals surface area contributed by atoms with Crippen molar-refractivity contribution in [1.82, 2.24) is 10.6 Å². The standard InChI is InChI=1S/C23H25BrN2O5/c1-14(2)12-19(23(29)30)26-22(28)18(13-15-8-10-16(24)11-9-15)25-21(27)17-6-4-5-7-20(17)31-3/h4-11,13-14,19H,12H2,1-3H3,(H,25,27)(H,26,28)(H,29,30)/b18-13-/t19-/m1/s1. The highest BCUT2D eigenvalue weighted by Gasteiger charge is 2.24. The summed E-state index contributed by atoms with van der Waals surface area (Å²) in [6.45, 7) is 3.73. The molecular weight excluding hydrogens is 464 g/mol. The number of aliphatic carboxylic acids is 1. The minimum absolute atomic E-state index is 0.0588. The molecule has 0 unspecified atom stereocenters. The maximum atomic E-state index is 12.9. The number of rotatable bonds is 9. The summed E-state index contributed by atoms with van der Waals surface area (Å²) in [6, 6.07) is 12.6. The zero-order chi connectivity index (χ0) is 23.0. The maximum Gasteiger partial charge on any atom is 0.326 e. The first kappa shape index (κ1) is 24.1. The number of nitrogens with one attached hydrogen (secondary N) is 2. The topological polar surface area (TPSA) is 105 Å². The van der Waals surface area contributed by atoms with Gasteiger partial charge in [0.15, 0.2) is 0 Å². The lowest BCUT2D eigenvalue weighted by Crippen LogP contribution is -2.45. The fraction of sp³-hybridized carbons (Fsp3) is 0.261. The Morgan fingerprint density at radius 3 is 2.32 bits per heavy atom. The van der Waals surface area contributed by atoms with Gasteiger partial charge in [0.25, 0.3) is 11.8 Å². The predicted octanol–water partition coefficient (Wildman–Crippen LogP) is 3.84. The van der Waals surface area contributed by atoms with Crippen LogP contribution in [0, 0.1) is 5.92 Å². The molecule has 0 bridgehead atoms. The Kier molecular flexibility index (Phi) is 8.81. The smallest absolute Gasteiger partial charge is 0.326 e. The molecule has 31 heavy (non-hydrogen) atoms. The number of halogens is 1. The van der Waals surface area contributed by atoms with Gasteiger partial charge in [-0.25, -0.2) is 4.79 Å². The van der Waals surface area contributed by atoms with E-state index < -0.39 is 23.8 Å². The van der Waals surface area contributed by atoms with Crippen LogP contribution >= 0.6 is 15.9 Å². The number of hydrogen-bond donors (Lipinski definition) is 3. The number of hydrogen-bond acceptors (Lipinski definition) is 4. The SMILES string of the molecule is COc1ccccc1C(=O)N/C(=C\c1ccc(Br)cc1)C(=O)N[C@H](CC(C)C)C(=O)O. The van der Waals surface area contributed by atoms with Crippen LogP contribution in [0.5, 0.6) is 5.75 Å². The summed E-state index contributed by atoms with van der Waals surface area (Å²) in [5.74, 6) is -1.97. The number of methoxy groups -OCH3 is 1. The third kappa shape index (κ3) is 7.25. The van der Waals surface area contributed by atoms with Gasteiger partial charge in [0, 0.05) is 4.47 Å². The summed E-state index contributed by atoms with van der Waals surface area (Å²) in [6.07, 6.45) is 1.75. The van der Waals surface area contributed by atoms with Crippen LogP contribution in [0.15, 0.2) is 58.7 Å². The minimum Gasteiger partial charge on any atom is -0.496 e. The van der Waals surface area contributed by atoms with E-state index in [0.717, 1.165) is 4.47 Å². The van der Waals surface area contributed by atoms with Gasteiger partial charge >= 0.3 is 5.97 Å². The van der Waals surface area contributed by atoms with Crippen LogP contribution in [0.4, 0.5) is 0 Å². The lowest BCUT2D eigenvalue weighted by atomic mass is 10.0. The highest BCUT2D eigenvalue weighted by atomic mass is 79.9. The van der Waals surface area contributed by atoms with Crippen LogP contribution in [-0.4, -0.2) is 36.0 Å². The highest BCUT2D eigenvalue weighted by Crippen LogP contribution is 2.18. The molecule has 0 spiro atoms. The van der Waals surface area contributed by atoms with Crippen molar-refractivity contribution >= 4 is 39.8 Å². The van der Waals surface area contributed by atoms with E-state index in [1.54, 1.807) is 48.5 Å². The van der Waals surface area contributed by atoms with E-state index in [0.29, 0.717) is 11.3 Å². The first-order valence-corrected chi connectivity index (χ1v) is 10.5. The van der Waals surface area contributed by atoms with Crippen molar-refractivity contribution in [3.63, 3.8) is 0 Å². The molecule has 2 aromatic carbocycles. The fourth-order valence-corrected chi connectivity index (χ4v) is 3.10. The molecule has 0 saturated carbocycles. The minimum atomic E-state index is -1.14. The molecule has 0 aliphatic carbocycles. The van der Waals surface area contributed by atoms with E-state index in [1.165, 1.54) is 13.2 Å². The highest BCUT2D eigenvalue weighted by molar-refractivity contribution is 9.10. The van der Waals surface area contributed by atoms with E-state index in [4.69, 9.17) is 4.74 Å². The number of ether oxygens (including phenoxy) is 1. The van der Waals surface area contributed by atoms with Gasteiger partial charge in [0.1, 0.15) is 17.5 Å². The number of carbonyl (C=O) groups is 3. The van der Waals surface area contributed by atoms with E-state index >= 15 is 0 Å². The Morgan fingerprint density at radius 1 is 1.10 bits per heavy atom. The zero-order valence-corrected chi connectivity index (χ0v) is 19.1. The lowest BCUT2D eigenvalue weighted by Gasteiger charge is -2.18. The quantitative estimate of drug-likeness (QED) is 0.465. The van der Waals surface area contributed by atoms with Crippen LogP contribution in [0.2, 0.25) is 0 Å². The zero-order valence-electron chi connectivity index (χ0n) is 17.5. The van der Waals surface area contributed by atoms with Crippen molar-refractivity contribution in [2.75, 3.05) is 7.11 Å². The van der Waals surface area contributed by atoms with Crippen molar-refractivity contribution in [2.45, 2.75) is 26.3 Å². The van der Waals surface area contributed by atoms with Gasteiger partial charge in [0.05, 0.1) is 12.7 Å². The van der Waals surface area contributed by atoms with Crippen molar-refractivity contribution < 1.29 is 24.2 Å². The molecule has 8 heteroatoms. The molecule has 0 aromatic heterocycles. The van der Waals surface area contributed by atoms with E-state index in [-0.39, 0.29) is 23.6 Å². The first-order chi connectivity index (χ1) is 14.7. The van der Waals surface area contributed by atoms with Gasteiger partial charge in [-0.1, -0.05) is 54.0 Å². The van der Waals surface area contributed by atoms with Crippen molar-refractivity contribution in [3.05, 3.63) is 69.8 Å². The second-order valence-corrected chi connectivity index (χ2v) is 8.17. The Morgan fingerprint density at radius 2 is 1.74 bits per heavy atom. The second-order valence-electron chi connectivity index (χ2n) is 7.26. The van der Waals surface area contributed by atoms with Gasteiger partial charge in [-0.15, -0.1) is 0 Å². The maximum absolute atomic E-state index is 12.9. The third-order valence-corrected chi connectivity index (χ3v) is 4.86. The molecule has 0 radical (unpaired) electrons. The molecule has 2 amide bonds. The number of carbonyl (C=O) groups excluding carboxylic acids is 2. The molecule has 1 atom stereocenters. The van der Waals surface area contributed by atoms with E-state index in [1.807, 2.05) is 13.8 Å². The van der Waals surface area contributed by atoms with Crippen LogP contribution in [0.1, 0.15) is 36.2 Å². The summed E-state index contributed by atoms with van der Waals surface area (Å²) in [5.41, 5.74) is 0.828. The largest absolute Gasteiger partial charge is 0.496 e. The van der Waals surface area contributed by atoms with Gasteiger partial charge in [-0.2, -0.15) is 0 Å². The summed E-state index contributed by atoms with van der Waals surface area (Å²) < 4.78 is 6.07.